The van der Waals surface area contributed by atoms with Gasteiger partial charge in [-0.25, -0.2) is 0 Å². The minimum atomic E-state index is -4.56. The number of phosphoric ester groups is 1. The molecule has 0 aromatic rings. The molecular formula is C55H107N2O6P. The second-order valence-electron chi connectivity index (χ2n) is 19.9. The van der Waals surface area contributed by atoms with Crippen molar-refractivity contribution in [3.05, 3.63) is 36.5 Å². The molecule has 0 aliphatic rings. The van der Waals surface area contributed by atoms with Gasteiger partial charge in [-0.1, -0.05) is 237 Å². The van der Waals surface area contributed by atoms with E-state index in [1.807, 2.05) is 21.1 Å². The number of phosphoric acid groups is 1. The van der Waals surface area contributed by atoms with Gasteiger partial charge in [0.15, 0.2) is 0 Å². The summed E-state index contributed by atoms with van der Waals surface area (Å²) in [5.74, 6) is -0.165. The molecule has 0 aliphatic carbocycles. The Balaban J connectivity index is 3.91. The molecule has 0 spiro atoms. The Morgan fingerprint density at radius 3 is 1.31 bits per heavy atom. The highest BCUT2D eigenvalue weighted by atomic mass is 31.2. The Labute approximate surface area is 397 Å². The molecule has 8 nitrogen and oxygen atoms in total. The number of allylic oxidation sites excluding steroid dienone is 6. The maximum Gasteiger partial charge on any atom is 0.268 e. The Morgan fingerprint density at radius 2 is 0.906 bits per heavy atom. The zero-order valence-electron chi connectivity index (χ0n) is 43.0. The van der Waals surface area contributed by atoms with Crippen molar-refractivity contribution >= 4 is 13.7 Å². The van der Waals surface area contributed by atoms with Crippen LogP contribution in [0.3, 0.4) is 0 Å². The normalized spacial score (nSPS) is 14.3. The van der Waals surface area contributed by atoms with Gasteiger partial charge in [-0.2, -0.15) is 0 Å². The number of quaternary nitrogens is 1. The summed E-state index contributed by atoms with van der Waals surface area (Å²) in [6.07, 6.45) is 59.1. The quantitative estimate of drug-likeness (QED) is 0.0272. The third-order valence-electron chi connectivity index (χ3n) is 12.4. The summed E-state index contributed by atoms with van der Waals surface area (Å²) in [7, 11) is 1.31. The van der Waals surface area contributed by atoms with Crippen LogP contribution in [0.15, 0.2) is 36.5 Å². The lowest BCUT2D eigenvalue weighted by atomic mass is 10.0. The zero-order valence-corrected chi connectivity index (χ0v) is 43.9. The molecule has 0 rings (SSSR count). The summed E-state index contributed by atoms with van der Waals surface area (Å²) < 4.78 is 23.3. The first kappa shape index (κ1) is 62.7. The smallest absolute Gasteiger partial charge is 0.268 e. The molecule has 1 amide bonds. The third-order valence-corrected chi connectivity index (χ3v) is 13.3. The van der Waals surface area contributed by atoms with Crippen molar-refractivity contribution in [3.8, 4) is 0 Å². The number of hydrogen-bond donors (Lipinski definition) is 2. The summed E-state index contributed by atoms with van der Waals surface area (Å²) >= 11 is 0. The molecule has 0 aromatic heterocycles. The van der Waals surface area contributed by atoms with Gasteiger partial charge in [0.05, 0.1) is 39.9 Å². The summed E-state index contributed by atoms with van der Waals surface area (Å²) in [6.45, 7) is 4.69. The Kier molecular flexibility index (Phi) is 45.9. The van der Waals surface area contributed by atoms with E-state index >= 15 is 0 Å². The summed E-state index contributed by atoms with van der Waals surface area (Å²) in [6, 6.07) is -0.797. The van der Waals surface area contributed by atoms with Crippen molar-refractivity contribution in [2.24, 2.45) is 0 Å². The molecule has 64 heavy (non-hydrogen) atoms. The van der Waals surface area contributed by atoms with Crippen molar-refractivity contribution in [3.63, 3.8) is 0 Å². The molecule has 0 saturated heterocycles. The molecule has 9 heteroatoms. The van der Waals surface area contributed by atoms with Crippen molar-refractivity contribution < 1.29 is 32.9 Å². The Hall–Kier alpha value is -1.28. The lowest BCUT2D eigenvalue weighted by molar-refractivity contribution is -0.870. The molecule has 0 bridgehead atoms. The third kappa shape index (κ3) is 48.6. The number of carbonyl (C=O) groups excluding carboxylic acids is 1. The van der Waals surface area contributed by atoms with Crippen LogP contribution in [0, 0.1) is 0 Å². The Bertz CT molecular complexity index is 1140. The maximum atomic E-state index is 12.9. The van der Waals surface area contributed by atoms with Crippen LogP contribution in [-0.2, 0) is 18.4 Å². The predicted molar refractivity (Wildman–Crippen MR) is 275 cm³/mol. The Morgan fingerprint density at radius 1 is 0.547 bits per heavy atom. The number of aliphatic hydroxyl groups excluding tert-OH is 1. The number of nitrogens with one attached hydrogen (secondary N) is 1. The molecule has 2 N–H and O–H groups in total. The SMILES string of the molecule is CCCCCCC/C=C\C/C=C\C/C=C\CCCCCCCCCCCCCCCCCCCCC(=O)NC(COP(=O)([O-])OCC[N+](C)(C)C)C(O)CCCCCCCCCCC. The minimum absolute atomic E-state index is 0.0130. The van der Waals surface area contributed by atoms with E-state index in [-0.39, 0.29) is 19.1 Å². The first-order chi connectivity index (χ1) is 31.0. The fraction of sp³-hybridized carbons (Fsp3) is 0.873. The van der Waals surface area contributed by atoms with Crippen molar-refractivity contribution in [1.82, 2.24) is 5.32 Å². The van der Waals surface area contributed by atoms with Crippen LogP contribution in [0.4, 0.5) is 0 Å². The summed E-state index contributed by atoms with van der Waals surface area (Å²) in [4.78, 5) is 25.4. The second kappa shape index (κ2) is 46.8. The first-order valence-electron chi connectivity index (χ1n) is 27.3. The lowest BCUT2D eigenvalue weighted by Gasteiger charge is -2.30. The van der Waals surface area contributed by atoms with Gasteiger partial charge in [-0.05, 0) is 51.4 Å². The molecule has 0 aliphatic heterocycles. The van der Waals surface area contributed by atoms with E-state index in [0.717, 1.165) is 51.4 Å². The number of hydrogen-bond acceptors (Lipinski definition) is 6. The van der Waals surface area contributed by atoms with E-state index in [1.54, 1.807) is 0 Å². The topological polar surface area (TPSA) is 108 Å². The number of rotatable bonds is 50. The number of amides is 1. The van der Waals surface area contributed by atoms with E-state index in [1.165, 1.54) is 180 Å². The standard InChI is InChI=1S/C55H107N2O6P/c1-6-8-10-12-14-16-17-18-19-20-21-22-23-24-25-26-27-28-29-30-31-32-33-34-35-36-37-38-39-41-43-45-47-49-55(59)56-53(52-63-64(60,61)62-51-50-57(3,4)5)54(58)48-46-44-42-40-15-13-11-9-7-2/h17-18,20-21,23-24,53-54,58H,6-16,19,22,25-52H2,1-5H3,(H-,56,59,60,61)/b18-17-,21-20-,24-23-. The van der Waals surface area contributed by atoms with Crippen molar-refractivity contribution in [2.75, 3.05) is 40.9 Å². The van der Waals surface area contributed by atoms with Crippen LogP contribution in [-0.4, -0.2) is 68.5 Å². The largest absolute Gasteiger partial charge is 0.756 e. The summed E-state index contributed by atoms with van der Waals surface area (Å²) in [5.41, 5.74) is 0. The molecule has 0 radical (unpaired) electrons. The van der Waals surface area contributed by atoms with E-state index < -0.39 is 20.0 Å². The second-order valence-corrected chi connectivity index (χ2v) is 21.4. The molecule has 0 aromatic carbocycles. The van der Waals surface area contributed by atoms with Crippen molar-refractivity contribution in [1.29, 1.82) is 0 Å². The number of carbonyl (C=O) groups is 1. The predicted octanol–water partition coefficient (Wildman–Crippen LogP) is 15.6. The molecule has 0 fully saturated rings. The number of likely N-dealkylation sites (N-methyl/N-ethyl adjacent to an activating group) is 1. The number of unbranched alkanes of at least 4 members (excludes halogenated alkanes) is 31. The highest BCUT2D eigenvalue weighted by Crippen LogP contribution is 2.38. The van der Waals surface area contributed by atoms with Crippen LogP contribution in [0.2, 0.25) is 0 Å². The number of aliphatic hydroxyl groups is 1. The highest BCUT2D eigenvalue weighted by Gasteiger charge is 2.24. The van der Waals surface area contributed by atoms with Crippen LogP contribution >= 0.6 is 7.82 Å². The minimum Gasteiger partial charge on any atom is -0.756 e. The highest BCUT2D eigenvalue weighted by molar-refractivity contribution is 7.45. The van der Waals surface area contributed by atoms with Gasteiger partial charge >= 0.3 is 0 Å². The lowest BCUT2D eigenvalue weighted by Crippen LogP contribution is -2.46. The summed E-state index contributed by atoms with van der Waals surface area (Å²) in [5, 5.41) is 13.9. The average Bonchev–Trinajstić information content (AvgIpc) is 3.25. The maximum absolute atomic E-state index is 12.9. The van der Waals surface area contributed by atoms with Gasteiger partial charge in [0.25, 0.3) is 7.82 Å². The van der Waals surface area contributed by atoms with Gasteiger partial charge in [0.2, 0.25) is 5.91 Å². The molecule has 3 unspecified atom stereocenters. The fourth-order valence-electron chi connectivity index (χ4n) is 8.05. The molecule has 0 saturated carbocycles. The monoisotopic (exact) mass is 923 g/mol. The van der Waals surface area contributed by atoms with Crippen LogP contribution in [0.1, 0.15) is 258 Å². The number of nitrogens with zero attached hydrogens (tertiary/aromatic N) is 1. The zero-order chi connectivity index (χ0) is 47.1. The van der Waals surface area contributed by atoms with Gasteiger partial charge in [0, 0.05) is 6.42 Å². The van der Waals surface area contributed by atoms with E-state index in [4.69, 9.17) is 9.05 Å². The van der Waals surface area contributed by atoms with Gasteiger partial charge in [0.1, 0.15) is 13.2 Å². The average molecular weight is 923 g/mol. The molecular weight excluding hydrogens is 816 g/mol. The van der Waals surface area contributed by atoms with Gasteiger partial charge < -0.3 is 28.8 Å². The van der Waals surface area contributed by atoms with Crippen LogP contribution < -0.4 is 10.2 Å². The molecule has 0 heterocycles. The van der Waals surface area contributed by atoms with Crippen molar-refractivity contribution in [2.45, 2.75) is 270 Å². The first-order valence-corrected chi connectivity index (χ1v) is 28.8. The van der Waals surface area contributed by atoms with Crippen LogP contribution in [0.25, 0.3) is 0 Å². The van der Waals surface area contributed by atoms with E-state index in [2.05, 4.69) is 55.6 Å². The fourth-order valence-corrected chi connectivity index (χ4v) is 8.77. The molecule has 3 atom stereocenters. The van der Waals surface area contributed by atoms with Crippen LogP contribution in [0.5, 0.6) is 0 Å². The molecule has 378 valence electrons. The van der Waals surface area contributed by atoms with Gasteiger partial charge in [-0.15, -0.1) is 0 Å². The van der Waals surface area contributed by atoms with Gasteiger partial charge in [-0.3, -0.25) is 9.36 Å². The van der Waals surface area contributed by atoms with E-state index in [0.29, 0.717) is 23.9 Å². The van der Waals surface area contributed by atoms with E-state index in [9.17, 15) is 19.4 Å².